The van der Waals surface area contributed by atoms with E-state index in [4.69, 9.17) is 9.84 Å². The average Bonchev–Trinajstić information content (AvgIpc) is 2.16. The highest BCUT2D eigenvalue weighted by Crippen LogP contribution is 2.17. The van der Waals surface area contributed by atoms with Crippen LogP contribution in [0.2, 0.25) is 0 Å². The third kappa shape index (κ3) is 5.14. The Morgan fingerprint density at radius 3 is 2.94 bits per heavy atom. The van der Waals surface area contributed by atoms with Crippen molar-refractivity contribution in [2.45, 2.75) is 0 Å². The van der Waals surface area contributed by atoms with Crippen LogP contribution in [0, 0.1) is 0 Å². The molecule has 0 aliphatic heterocycles. The van der Waals surface area contributed by atoms with Crippen molar-refractivity contribution in [3.05, 3.63) is 28.7 Å². The highest BCUT2D eigenvalue weighted by atomic mass is 79.9. The Morgan fingerprint density at radius 1 is 1.56 bits per heavy atom. The molecule has 5 heteroatoms. The van der Waals surface area contributed by atoms with Gasteiger partial charge in [-0.3, -0.25) is 9.69 Å². The van der Waals surface area contributed by atoms with E-state index in [1.54, 1.807) is 11.9 Å². The number of halogens is 1. The lowest BCUT2D eigenvalue weighted by Crippen LogP contribution is -2.29. The van der Waals surface area contributed by atoms with Crippen LogP contribution in [-0.2, 0) is 4.79 Å². The summed E-state index contributed by atoms with van der Waals surface area (Å²) in [4.78, 5) is 12.1. The first-order chi connectivity index (χ1) is 7.58. The van der Waals surface area contributed by atoms with E-state index in [1.165, 1.54) is 0 Å². The largest absolute Gasteiger partial charge is 0.492 e. The van der Waals surface area contributed by atoms with Crippen LogP contribution in [0.15, 0.2) is 28.7 Å². The lowest BCUT2D eigenvalue weighted by Gasteiger charge is -2.14. The Hall–Kier alpha value is -1.07. The molecule has 0 radical (unpaired) electrons. The van der Waals surface area contributed by atoms with Gasteiger partial charge < -0.3 is 9.84 Å². The van der Waals surface area contributed by atoms with E-state index in [0.717, 1.165) is 10.2 Å². The third-order valence-electron chi connectivity index (χ3n) is 1.94. The maximum absolute atomic E-state index is 10.4. The summed E-state index contributed by atoms with van der Waals surface area (Å²) in [5.74, 6) is -0.0527. The Bertz CT molecular complexity index is 357. The summed E-state index contributed by atoms with van der Waals surface area (Å²) in [7, 11) is 1.75. The molecule has 4 nitrogen and oxygen atoms in total. The number of carbonyl (C=O) groups is 1. The van der Waals surface area contributed by atoms with Gasteiger partial charge in [-0.2, -0.15) is 0 Å². The molecule has 0 heterocycles. The predicted octanol–water partition coefficient (Wildman–Crippen LogP) is 1.84. The normalized spacial score (nSPS) is 10.4. The number of hydrogen-bond donors (Lipinski definition) is 1. The van der Waals surface area contributed by atoms with Gasteiger partial charge in [-0.05, 0) is 25.2 Å². The van der Waals surface area contributed by atoms with Crippen molar-refractivity contribution in [2.75, 3.05) is 26.7 Å². The summed E-state index contributed by atoms with van der Waals surface area (Å²) in [5, 5.41) is 8.55. The number of benzene rings is 1. The Kier molecular flexibility index (Phi) is 5.28. The van der Waals surface area contributed by atoms with Crippen molar-refractivity contribution in [1.29, 1.82) is 0 Å². The number of ether oxygens (including phenoxy) is 1. The van der Waals surface area contributed by atoms with E-state index < -0.39 is 5.97 Å². The van der Waals surface area contributed by atoms with Crippen LogP contribution in [0.3, 0.4) is 0 Å². The maximum Gasteiger partial charge on any atom is 0.317 e. The third-order valence-corrected chi connectivity index (χ3v) is 2.44. The number of hydrogen-bond acceptors (Lipinski definition) is 3. The van der Waals surface area contributed by atoms with E-state index in [9.17, 15) is 4.79 Å². The molecule has 0 unspecified atom stereocenters. The molecule has 0 aromatic heterocycles. The average molecular weight is 288 g/mol. The van der Waals surface area contributed by atoms with Crippen LogP contribution in [0.25, 0.3) is 0 Å². The zero-order chi connectivity index (χ0) is 12.0. The van der Waals surface area contributed by atoms with Crippen LogP contribution in [0.5, 0.6) is 5.75 Å². The van der Waals surface area contributed by atoms with Gasteiger partial charge in [0.2, 0.25) is 0 Å². The van der Waals surface area contributed by atoms with Gasteiger partial charge in [0.25, 0.3) is 0 Å². The van der Waals surface area contributed by atoms with Gasteiger partial charge >= 0.3 is 5.97 Å². The molecule has 1 aromatic rings. The molecule has 1 aromatic carbocycles. The van der Waals surface area contributed by atoms with E-state index in [-0.39, 0.29) is 6.54 Å². The molecular formula is C11H14BrNO3. The quantitative estimate of drug-likeness (QED) is 0.868. The lowest BCUT2D eigenvalue weighted by atomic mass is 10.3. The molecule has 88 valence electrons. The first-order valence-electron chi connectivity index (χ1n) is 4.86. The smallest absolute Gasteiger partial charge is 0.317 e. The number of aliphatic carboxylic acids is 1. The maximum atomic E-state index is 10.4. The predicted molar refractivity (Wildman–Crippen MR) is 64.8 cm³/mol. The Labute approximate surface area is 103 Å². The van der Waals surface area contributed by atoms with Gasteiger partial charge in [-0.1, -0.05) is 22.0 Å². The topological polar surface area (TPSA) is 49.8 Å². The molecule has 0 bridgehead atoms. The molecule has 1 N–H and O–H groups in total. The number of nitrogens with zero attached hydrogens (tertiary/aromatic N) is 1. The molecule has 16 heavy (non-hydrogen) atoms. The molecule has 1 rings (SSSR count). The minimum Gasteiger partial charge on any atom is -0.492 e. The van der Waals surface area contributed by atoms with Crippen LogP contribution >= 0.6 is 15.9 Å². The fraction of sp³-hybridized carbons (Fsp3) is 0.364. The summed E-state index contributed by atoms with van der Waals surface area (Å²) < 4.78 is 6.44. The summed E-state index contributed by atoms with van der Waals surface area (Å²) in [6.45, 7) is 1.08. The second-order valence-corrected chi connectivity index (χ2v) is 4.35. The first kappa shape index (κ1) is 13.0. The number of carboxylic acids is 1. The lowest BCUT2D eigenvalue weighted by molar-refractivity contribution is -0.138. The van der Waals surface area contributed by atoms with Crippen molar-refractivity contribution in [2.24, 2.45) is 0 Å². The monoisotopic (exact) mass is 287 g/mol. The fourth-order valence-electron chi connectivity index (χ4n) is 1.19. The minimum absolute atomic E-state index is 0.0296. The highest BCUT2D eigenvalue weighted by molar-refractivity contribution is 9.10. The van der Waals surface area contributed by atoms with Crippen LogP contribution in [0.1, 0.15) is 0 Å². The Morgan fingerprint density at radius 2 is 2.31 bits per heavy atom. The van der Waals surface area contributed by atoms with Gasteiger partial charge in [0, 0.05) is 11.0 Å². The molecule has 0 saturated carbocycles. The number of likely N-dealkylation sites (N-methyl/N-ethyl adjacent to an activating group) is 1. The number of carboxylic acid groups (broad SMARTS) is 1. The zero-order valence-corrected chi connectivity index (χ0v) is 10.6. The van der Waals surface area contributed by atoms with Crippen molar-refractivity contribution in [1.82, 2.24) is 4.90 Å². The van der Waals surface area contributed by atoms with E-state index in [2.05, 4.69) is 15.9 Å². The Balaban J connectivity index is 2.27. The molecule has 0 amide bonds. The first-order valence-corrected chi connectivity index (χ1v) is 5.66. The van der Waals surface area contributed by atoms with E-state index >= 15 is 0 Å². The molecule has 0 aliphatic carbocycles. The van der Waals surface area contributed by atoms with Crippen molar-refractivity contribution in [3.8, 4) is 5.75 Å². The van der Waals surface area contributed by atoms with Crippen molar-refractivity contribution in [3.63, 3.8) is 0 Å². The summed E-state index contributed by atoms with van der Waals surface area (Å²) in [6.07, 6.45) is 0. The standard InChI is InChI=1S/C11H14BrNO3/c1-13(8-11(14)15)5-6-16-10-4-2-3-9(12)7-10/h2-4,7H,5-6,8H2,1H3,(H,14,15). The highest BCUT2D eigenvalue weighted by Gasteiger charge is 2.03. The van der Waals surface area contributed by atoms with Gasteiger partial charge in [-0.25, -0.2) is 0 Å². The van der Waals surface area contributed by atoms with E-state index in [1.807, 2.05) is 24.3 Å². The molecule has 0 saturated heterocycles. The molecule has 0 aliphatic rings. The van der Waals surface area contributed by atoms with Crippen LogP contribution in [0.4, 0.5) is 0 Å². The molecule has 0 fully saturated rings. The van der Waals surface area contributed by atoms with Gasteiger partial charge in [0.05, 0.1) is 6.54 Å². The molecular weight excluding hydrogens is 274 g/mol. The van der Waals surface area contributed by atoms with Gasteiger partial charge in [0.15, 0.2) is 0 Å². The van der Waals surface area contributed by atoms with Crippen molar-refractivity contribution >= 4 is 21.9 Å². The molecule has 0 atom stereocenters. The van der Waals surface area contributed by atoms with Crippen LogP contribution < -0.4 is 4.74 Å². The summed E-state index contributed by atoms with van der Waals surface area (Å²) in [5.41, 5.74) is 0. The number of rotatable bonds is 6. The second kappa shape index (κ2) is 6.50. The summed E-state index contributed by atoms with van der Waals surface area (Å²) in [6, 6.07) is 7.54. The van der Waals surface area contributed by atoms with E-state index in [0.29, 0.717) is 13.2 Å². The van der Waals surface area contributed by atoms with Gasteiger partial charge in [0.1, 0.15) is 12.4 Å². The fourth-order valence-corrected chi connectivity index (χ4v) is 1.56. The zero-order valence-electron chi connectivity index (χ0n) is 9.02. The van der Waals surface area contributed by atoms with Crippen LogP contribution in [-0.4, -0.2) is 42.7 Å². The molecule has 0 spiro atoms. The summed E-state index contributed by atoms with van der Waals surface area (Å²) >= 11 is 3.35. The van der Waals surface area contributed by atoms with Gasteiger partial charge in [-0.15, -0.1) is 0 Å². The SMILES string of the molecule is CN(CCOc1cccc(Br)c1)CC(=O)O. The van der Waals surface area contributed by atoms with Crippen molar-refractivity contribution < 1.29 is 14.6 Å². The second-order valence-electron chi connectivity index (χ2n) is 3.44. The minimum atomic E-state index is -0.829.